The number of hydroxylamine groups is 1. The van der Waals surface area contributed by atoms with Gasteiger partial charge in [0.2, 0.25) is 5.91 Å². The average Bonchev–Trinajstić information content (AvgIpc) is 3.26. The molecule has 2 saturated heterocycles. The molecule has 3 aromatic rings. The predicted molar refractivity (Wildman–Crippen MR) is 110 cm³/mol. The highest BCUT2D eigenvalue weighted by atomic mass is 16.7. The molecule has 0 aromatic heterocycles. The number of fused-ring (bicyclic) bond motifs is 1. The van der Waals surface area contributed by atoms with Crippen molar-refractivity contribution in [3.05, 3.63) is 96.1 Å². The van der Waals surface area contributed by atoms with Crippen molar-refractivity contribution in [1.82, 2.24) is 0 Å². The summed E-state index contributed by atoms with van der Waals surface area (Å²) in [6, 6.07) is 26.3. The monoisotopic (exact) mass is 384 g/mol. The van der Waals surface area contributed by atoms with E-state index < -0.39 is 12.0 Å². The highest BCUT2D eigenvalue weighted by Crippen LogP contribution is 2.47. The Labute approximate surface area is 169 Å². The summed E-state index contributed by atoms with van der Waals surface area (Å²) in [5.41, 5.74) is 3.48. The first-order valence-electron chi connectivity index (χ1n) is 9.65. The van der Waals surface area contributed by atoms with E-state index in [2.05, 4.69) is 0 Å². The lowest BCUT2D eigenvalue weighted by molar-refractivity contribution is -0.126. The predicted octanol–water partition coefficient (Wildman–Crippen LogP) is 4.05. The van der Waals surface area contributed by atoms with Crippen molar-refractivity contribution in [2.45, 2.75) is 19.1 Å². The second kappa shape index (κ2) is 6.87. The summed E-state index contributed by atoms with van der Waals surface area (Å²) in [6.07, 6.45) is -0.839. The normalized spacial score (nSPS) is 23.6. The Kier molecular flexibility index (Phi) is 4.18. The molecule has 2 aliphatic rings. The molecule has 3 atom stereocenters. The fourth-order valence-corrected chi connectivity index (χ4v) is 4.15. The third kappa shape index (κ3) is 2.82. The summed E-state index contributed by atoms with van der Waals surface area (Å²) in [5.74, 6) is -1.15. The van der Waals surface area contributed by atoms with E-state index in [1.54, 1.807) is 17.2 Å². The van der Waals surface area contributed by atoms with E-state index in [9.17, 15) is 9.59 Å². The molecule has 0 unspecified atom stereocenters. The van der Waals surface area contributed by atoms with Gasteiger partial charge >= 0.3 is 0 Å². The van der Waals surface area contributed by atoms with Crippen LogP contribution < -0.4 is 9.96 Å². The lowest BCUT2D eigenvalue weighted by Crippen LogP contribution is -2.37. The van der Waals surface area contributed by atoms with Crippen LogP contribution in [0.2, 0.25) is 0 Å². The van der Waals surface area contributed by atoms with E-state index in [1.807, 2.05) is 79.7 Å². The summed E-state index contributed by atoms with van der Waals surface area (Å²) in [6.45, 7) is 2.02. The first-order chi connectivity index (χ1) is 14.1. The number of carbonyl (C=O) groups is 2. The lowest BCUT2D eigenvalue weighted by atomic mass is 9.90. The number of anilines is 2. The van der Waals surface area contributed by atoms with Crippen LogP contribution in [0, 0.1) is 12.8 Å². The minimum atomic E-state index is -0.839. The molecule has 2 fully saturated rings. The molecule has 5 nitrogen and oxygen atoms in total. The largest absolute Gasteiger partial charge is 0.273 e. The molecule has 29 heavy (non-hydrogen) atoms. The molecule has 5 rings (SSSR count). The summed E-state index contributed by atoms with van der Waals surface area (Å²) in [7, 11) is 0. The molecule has 144 valence electrons. The molecule has 0 bridgehead atoms. The van der Waals surface area contributed by atoms with Crippen LogP contribution in [-0.2, 0) is 14.4 Å². The van der Waals surface area contributed by atoms with Gasteiger partial charge in [0, 0.05) is 0 Å². The second-order valence-electron chi connectivity index (χ2n) is 7.42. The molecular weight excluding hydrogens is 364 g/mol. The van der Waals surface area contributed by atoms with E-state index >= 15 is 0 Å². The number of amides is 2. The number of para-hydroxylation sites is 2. The number of imide groups is 1. The Bertz CT molecular complexity index is 1050. The molecule has 2 amide bonds. The third-order valence-electron chi connectivity index (χ3n) is 5.56. The van der Waals surface area contributed by atoms with Gasteiger partial charge in [-0.25, -0.2) is 9.96 Å². The van der Waals surface area contributed by atoms with Crippen LogP contribution in [0.25, 0.3) is 0 Å². The van der Waals surface area contributed by atoms with Gasteiger partial charge in [-0.3, -0.25) is 14.4 Å². The lowest BCUT2D eigenvalue weighted by Gasteiger charge is -2.28. The zero-order valence-electron chi connectivity index (χ0n) is 15.9. The maximum atomic E-state index is 13.4. The van der Waals surface area contributed by atoms with Crippen molar-refractivity contribution >= 4 is 23.2 Å². The van der Waals surface area contributed by atoms with Crippen molar-refractivity contribution < 1.29 is 14.4 Å². The van der Waals surface area contributed by atoms with Gasteiger partial charge in [-0.2, -0.15) is 0 Å². The molecule has 5 heteroatoms. The molecule has 0 aliphatic carbocycles. The first kappa shape index (κ1) is 17.6. The fourth-order valence-electron chi connectivity index (χ4n) is 4.15. The summed E-state index contributed by atoms with van der Waals surface area (Å²) in [4.78, 5) is 34.0. The Balaban J connectivity index is 1.59. The molecule has 0 N–H and O–H groups in total. The van der Waals surface area contributed by atoms with Crippen molar-refractivity contribution in [2.75, 3.05) is 9.96 Å². The number of benzene rings is 3. The second-order valence-corrected chi connectivity index (χ2v) is 7.42. The maximum absolute atomic E-state index is 13.4. The van der Waals surface area contributed by atoms with Crippen molar-refractivity contribution in [2.24, 2.45) is 5.92 Å². The Morgan fingerprint density at radius 3 is 1.93 bits per heavy atom. The van der Waals surface area contributed by atoms with Crippen molar-refractivity contribution in [3.63, 3.8) is 0 Å². The van der Waals surface area contributed by atoms with Gasteiger partial charge in [0.1, 0.15) is 5.92 Å². The SMILES string of the molecule is Cc1ccc([C@@H]2[C@H]3C(=O)N(c4ccccc4)C(=O)[C@H]3ON2c2ccccc2)cc1. The highest BCUT2D eigenvalue weighted by molar-refractivity contribution is 6.23. The standard InChI is InChI=1S/C24H20N2O3/c1-16-12-14-17(15-13-16)21-20-22(29-26(21)19-10-6-3-7-11-19)24(28)25(23(20)27)18-8-4-2-5-9-18/h2-15,20-22H,1H3/t20-,21-,22+/m1/s1. The Hall–Kier alpha value is -3.44. The molecule has 2 aliphatic heterocycles. The number of hydrogen-bond acceptors (Lipinski definition) is 4. The van der Waals surface area contributed by atoms with Gasteiger partial charge in [0.25, 0.3) is 5.91 Å². The molecule has 2 heterocycles. The quantitative estimate of drug-likeness (QED) is 0.640. The Morgan fingerprint density at radius 1 is 0.724 bits per heavy atom. The van der Waals surface area contributed by atoms with Gasteiger partial charge in [0.15, 0.2) is 6.10 Å². The number of aryl methyl sites for hydroxylation is 1. The highest BCUT2D eigenvalue weighted by Gasteiger charge is 2.60. The topological polar surface area (TPSA) is 49.9 Å². The Morgan fingerprint density at radius 2 is 1.31 bits per heavy atom. The van der Waals surface area contributed by atoms with Gasteiger partial charge in [0.05, 0.1) is 17.4 Å². The van der Waals surface area contributed by atoms with E-state index in [-0.39, 0.29) is 17.9 Å². The third-order valence-corrected chi connectivity index (χ3v) is 5.56. The molecule has 0 radical (unpaired) electrons. The number of nitrogens with zero attached hydrogens (tertiary/aromatic N) is 2. The minimum absolute atomic E-state index is 0.227. The maximum Gasteiger partial charge on any atom is 0.266 e. The molecular formula is C24H20N2O3. The summed E-state index contributed by atoms with van der Waals surface area (Å²) >= 11 is 0. The van der Waals surface area contributed by atoms with Crippen LogP contribution in [0.1, 0.15) is 17.2 Å². The molecule has 0 spiro atoms. The van der Waals surface area contributed by atoms with Crippen LogP contribution >= 0.6 is 0 Å². The van der Waals surface area contributed by atoms with Crippen molar-refractivity contribution in [3.8, 4) is 0 Å². The minimum Gasteiger partial charge on any atom is -0.273 e. The van der Waals surface area contributed by atoms with Crippen LogP contribution in [0.5, 0.6) is 0 Å². The van der Waals surface area contributed by atoms with Gasteiger partial charge in [-0.1, -0.05) is 66.2 Å². The van der Waals surface area contributed by atoms with E-state index in [0.29, 0.717) is 5.69 Å². The van der Waals surface area contributed by atoms with Gasteiger partial charge < -0.3 is 0 Å². The number of rotatable bonds is 3. The van der Waals surface area contributed by atoms with E-state index in [0.717, 1.165) is 16.8 Å². The zero-order chi connectivity index (χ0) is 20.0. The van der Waals surface area contributed by atoms with Crippen molar-refractivity contribution in [1.29, 1.82) is 0 Å². The summed E-state index contributed by atoms with van der Waals surface area (Å²) in [5, 5.41) is 1.72. The van der Waals surface area contributed by atoms with E-state index in [1.165, 1.54) is 4.90 Å². The smallest absolute Gasteiger partial charge is 0.266 e. The fraction of sp³-hybridized carbons (Fsp3) is 0.167. The van der Waals surface area contributed by atoms with Gasteiger partial charge in [-0.15, -0.1) is 0 Å². The zero-order valence-corrected chi connectivity index (χ0v) is 15.9. The van der Waals surface area contributed by atoms with Crippen LogP contribution in [0.3, 0.4) is 0 Å². The number of carbonyl (C=O) groups excluding carboxylic acids is 2. The van der Waals surface area contributed by atoms with Crippen LogP contribution in [0.15, 0.2) is 84.9 Å². The van der Waals surface area contributed by atoms with Gasteiger partial charge in [-0.05, 0) is 36.8 Å². The molecule has 3 aromatic carbocycles. The summed E-state index contributed by atoms with van der Waals surface area (Å²) < 4.78 is 0. The van der Waals surface area contributed by atoms with Crippen LogP contribution in [0.4, 0.5) is 11.4 Å². The van der Waals surface area contributed by atoms with Crippen LogP contribution in [-0.4, -0.2) is 17.9 Å². The average molecular weight is 384 g/mol. The van der Waals surface area contributed by atoms with E-state index in [4.69, 9.17) is 4.84 Å². The first-order valence-corrected chi connectivity index (χ1v) is 9.65. The molecule has 0 saturated carbocycles. The number of hydrogen-bond donors (Lipinski definition) is 0.